The van der Waals surface area contributed by atoms with Gasteiger partial charge in [0.2, 0.25) is 0 Å². The Bertz CT molecular complexity index is 338. The molecule has 0 radical (unpaired) electrons. The molecule has 0 bridgehead atoms. The molecule has 5 heteroatoms. The highest BCUT2D eigenvalue weighted by Crippen LogP contribution is 2.07. The minimum atomic E-state index is 0. The topological polar surface area (TPSA) is 59.6 Å². The lowest BCUT2D eigenvalue weighted by Gasteiger charge is -2.05. The van der Waals surface area contributed by atoms with E-state index in [1.54, 1.807) is 0 Å². The molecule has 0 atom stereocenters. The Morgan fingerprint density at radius 3 is 2.59 bits per heavy atom. The molecule has 0 heterocycles. The third kappa shape index (κ3) is 7.17. The van der Waals surface area contributed by atoms with Crippen LogP contribution in [0.3, 0.4) is 0 Å². The van der Waals surface area contributed by atoms with Crippen molar-refractivity contribution in [3.05, 3.63) is 29.8 Å². The van der Waals surface area contributed by atoms with Crippen molar-refractivity contribution in [3.8, 4) is 0 Å². The smallest absolute Gasteiger partial charge is 0.193 e. The van der Waals surface area contributed by atoms with Crippen molar-refractivity contribution in [1.29, 1.82) is 0 Å². The van der Waals surface area contributed by atoms with E-state index in [2.05, 4.69) is 10.3 Å². The average molecular weight is 349 g/mol. The molecule has 96 valence electrons. The summed E-state index contributed by atoms with van der Waals surface area (Å²) in [7, 11) is 0. The number of guanidine groups is 1. The average Bonchev–Trinajstić information content (AvgIpc) is 2.28. The predicted molar refractivity (Wildman–Crippen MR) is 83.2 cm³/mol. The molecule has 1 aromatic carbocycles. The molecule has 0 aliphatic rings. The number of nitrogens with two attached hydrogens (primary N) is 1. The van der Waals surface area contributed by atoms with Crippen LogP contribution in [0.5, 0.6) is 0 Å². The fourth-order valence-corrected chi connectivity index (χ4v) is 1.20. The molecule has 0 fully saturated rings. The van der Waals surface area contributed by atoms with Crippen molar-refractivity contribution in [1.82, 2.24) is 0 Å². The maximum Gasteiger partial charge on any atom is 0.193 e. The fourth-order valence-electron chi connectivity index (χ4n) is 1.20. The molecular formula is C12H20IN3O. The third-order valence-corrected chi connectivity index (χ3v) is 2.05. The maximum atomic E-state index is 5.71. The van der Waals surface area contributed by atoms with Gasteiger partial charge in [-0.25, -0.2) is 0 Å². The zero-order valence-corrected chi connectivity index (χ0v) is 12.6. The van der Waals surface area contributed by atoms with E-state index in [1.165, 1.54) is 5.56 Å². The lowest BCUT2D eigenvalue weighted by Crippen LogP contribution is -2.23. The van der Waals surface area contributed by atoms with E-state index in [4.69, 9.17) is 10.5 Å². The molecule has 0 unspecified atom stereocenters. The molecule has 0 aliphatic heterocycles. The SMILES string of the molecule is CCOCCN=C(N)Nc1ccc(C)cc1.I. The van der Waals surface area contributed by atoms with Crippen LogP contribution in [0.4, 0.5) is 5.69 Å². The van der Waals surface area contributed by atoms with Gasteiger partial charge in [0.25, 0.3) is 0 Å². The van der Waals surface area contributed by atoms with Crippen LogP contribution in [0.2, 0.25) is 0 Å². The summed E-state index contributed by atoms with van der Waals surface area (Å²) in [6.45, 7) is 5.90. The van der Waals surface area contributed by atoms with Crippen molar-refractivity contribution < 1.29 is 4.74 Å². The van der Waals surface area contributed by atoms with E-state index in [0.29, 0.717) is 25.7 Å². The van der Waals surface area contributed by atoms with Crippen LogP contribution in [0, 0.1) is 6.92 Å². The number of nitrogens with one attached hydrogen (secondary N) is 1. The summed E-state index contributed by atoms with van der Waals surface area (Å²) in [5, 5.41) is 3.02. The summed E-state index contributed by atoms with van der Waals surface area (Å²) in [6, 6.07) is 7.99. The predicted octanol–water partition coefficient (Wildman–Crippen LogP) is 2.38. The second-order valence-corrected chi connectivity index (χ2v) is 3.45. The Kier molecular flexibility index (Phi) is 8.79. The van der Waals surface area contributed by atoms with E-state index in [9.17, 15) is 0 Å². The van der Waals surface area contributed by atoms with E-state index >= 15 is 0 Å². The molecule has 0 aromatic heterocycles. The number of nitrogens with zero attached hydrogens (tertiary/aromatic N) is 1. The Hall–Kier alpha value is -0.820. The Balaban J connectivity index is 0.00000256. The molecule has 0 aliphatic carbocycles. The van der Waals surface area contributed by atoms with Gasteiger partial charge in [0.05, 0.1) is 13.2 Å². The number of benzene rings is 1. The second-order valence-electron chi connectivity index (χ2n) is 3.45. The van der Waals surface area contributed by atoms with Crippen molar-refractivity contribution in [3.63, 3.8) is 0 Å². The summed E-state index contributed by atoms with van der Waals surface area (Å²) in [5.41, 5.74) is 7.88. The molecular weight excluding hydrogens is 329 g/mol. The highest BCUT2D eigenvalue weighted by molar-refractivity contribution is 14.0. The molecule has 0 saturated carbocycles. The van der Waals surface area contributed by atoms with Crippen LogP contribution in [0.15, 0.2) is 29.3 Å². The van der Waals surface area contributed by atoms with Gasteiger partial charge in [-0.15, -0.1) is 24.0 Å². The first-order valence-corrected chi connectivity index (χ1v) is 5.43. The highest BCUT2D eigenvalue weighted by Gasteiger charge is 1.94. The normalized spacial score (nSPS) is 10.8. The number of hydrogen-bond acceptors (Lipinski definition) is 2. The van der Waals surface area contributed by atoms with Gasteiger partial charge in [-0.2, -0.15) is 0 Å². The minimum Gasteiger partial charge on any atom is -0.380 e. The molecule has 3 N–H and O–H groups in total. The largest absolute Gasteiger partial charge is 0.380 e. The molecule has 0 amide bonds. The van der Waals surface area contributed by atoms with Crippen LogP contribution in [0.25, 0.3) is 0 Å². The number of aryl methyl sites for hydroxylation is 1. The zero-order chi connectivity index (χ0) is 11.8. The molecule has 4 nitrogen and oxygen atoms in total. The maximum absolute atomic E-state index is 5.71. The first kappa shape index (κ1) is 16.2. The van der Waals surface area contributed by atoms with Gasteiger partial charge in [0.1, 0.15) is 0 Å². The van der Waals surface area contributed by atoms with Crippen molar-refractivity contribution in [2.75, 3.05) is 25.1 Å². The van der Waals surface area contributed by atoms with Crippen molar-refractivity contribution in [2.45, 2.75) is 13.8 Å². The standard InChI is InChI=1S/C12H19N3O.HI/c1-3-16-9-8-14-12(13)15-11-6-4-10(2)5-7-11;/h4-7H,3,8-9H2,1-2H3,(H3,13,14,15);1H. The quantitative estimate of drug-likeness (QED) is 0.371. The summed E-state index contributed by atoms with van der Waals surface area (Å²) in [4.78, 5) is 4.14. The molecule has 1 aromatic rings. The summed E-state index contributed by atoms with van der Waals surface area (Å²) >= 11 is 0. The number of ether oxygens (including phenoxy) is 1. The van der Waals surface area contributed by atoms with Crippen LogP contribution >= 0.6 is 24.0 Å². The van der Waals surface area contributed by atoms with Crippen LogP contribution < -0.4 is 11.1 Å². The minimum absolute atomic E-state index is 0. The lowest BCUT2D eigenvalue weighted by atomic mass is 10.2. The zero-order valence-electron chi connectivity index (χ0n) is 10.3. The van der Waals surface area contributed by atoms with Gasteiger partial charge in [-0.05, 0) is 26.0 Å². The van der Waals surface area contributed by atoms with Gasteiger partial charge in [0, 0.05) is 12.3 Å². The van der Waals surface area contributed by atoms with E-state index in [0.717, 1.165) is 5.69 Å². The van der Waals surface area contributed by atoms with Crippen LogP contribution in [-0.4, -0.2) is 25.7 Å². The first-order chi connectivity index (χ1) is 7.72. The summed E-state index contributed by atoms with van der Waals surface area (Å²) < 4.78 is 5.16. The number of hydrogen-bond donors (Lipinski definition) is 2. The summed E-state index contributed by atoms with van der Waals surface area (Å²) in [6.07, 6.45) is 0. The number of anilines is 1. The van der Waals surface area contributed by atoms with Gasteiger partial charge in [-0.1, -0.05) is 17.7 Å². The van der Waals surface area contributed by atoms with Crippen molar-refractivity contribution in [2.24, 2.45) is 10.7 Å². The van der Waals surface area contributed by atoms with Crippen molar-refractivity contribution >= 4 is 35.6 Å². The third-order valence-electron chi connectivity index (χ3n) is 2.05. The van der Waals surface area contributed by atoms with E-state index < -0.39 is 0 Å². The highest BCUT2D eigenvalue weighted by atomic mass is 127. The molecule has 0 saturated heterocycles. The Morgan fingerprint density at radius 1 is 1.35 bits per heavy atom. The van der Waals surface area contributed by atoms with Gasteiger partial charge < -0.3 is 15.8 Å². The van der Waals surface area contributed by atoms with E-state index in [-0.39, 0.29) is 24.0 Å². The second kappa shape index (κ2) is 9.23. The Labute approximate surface area is 120 Å². The fraction of sp³-hybridized carbons (Fsp3) is 0.417. The summed E-state index contributed by atoms with van der Waals surface area (Å²) in [5.74, 6) is 0.420. The molecule has 0 spiro atoms. The number of rotatable bonds is 5. The first-order valence-electron chi connectivity index (χ1n) is 5.43. The van der Waals surface area contributed by atoms with Gasteiger partial charge >= 0.3 is 0 Å². The van der Waals surface area contributed by atoms with Crippen LogP contribution in [0.1, 0.15) is 12.5 Å². The number of halogens is 1. The van der Waals surface area contributed by atoms with Gasteiger partial charge in [0.15, 0.2) is 5.96 Å². The Morgan fingerprint density at radius 2 is 2.00 bits per heavy atom. The van der Waals surface area contributed by atoms with Crippen LogP contribution in [-0.2, 0) is 4.74 Å². The monoisotopic (exact) mass is 349 g/mol. The lowest BCUT2D eigenvalue weighted by molar-refractivity contribution is 0.156. The van der Waals surface area contributed by atoms with E-state index in [1.807, 2.05) is 38.1 Å². The molecule has 1 rings (SSSR count). The molecule has 17 heavy (non-hydrogen) atoms. The number of aliphatic imine (C=N–C) groups is 1. The van der Waals surface area contributed by atoms with Gasteiger partial charge in [-0.3, -0.25) is 4.99 Å².